The molecule has 0 aliphatic carbocycles. The van der Waals surface area contributed by atoms with Gasteiger partial charge < -0.3 is 28.4 Å². The number of morpholine rings is 1. The van der Waals surface area contributed by atoms with Crippen LogP contribution in [-0.4, -0.2) is 83.0 Å². The van der Waals surface area contributed by atoms with Gasteiger partial charge in [0.2, 0.25) is 11.5 Å². The molecule has 0 N–H and O–H groups in total. The van der Waals surface area contributed by atoms with E-state index in [0.29, 0.717) is 40.9 Å². The molecule has 0 radical (unpaired) electrons. The molecule has 198 valence electrons. The standard InChI is InChI=1S/C28H34N2O7/c1-18-25-20(16-30(17-36-25)9-5-8-29-10-12-35-13-11-29)14-21-24(31)23(37-26(18)21)15-19-6-7-22(32-2)28(34-4)27(19)33-3/h6-7,14-15H,5,8-13,16-17H2,1-4H3/b23-15-. The molecular weight excluding hydrogens is 476 g/mol. The van der Waals surface area contributed by atoms with Crippen molar-refractivity contribution in [3.8, 4) is 28.7 Å². The number of hydrogen-bond acceptors (Lipinski definition) is 9. The smallest absolute Gasteiger partial charge is 0.231 e. The van der Waals surface area contributed by atoms with Crippen molar-refractivity contribution in [3.05, 3.63) is 46.2 Å². The van der Waals surface area contributed by atoms with E-state index in [0.717, 1.165) is 69.2 Å². The molecule has 3 aliphatic heterocycles. The summed E-state index contributed by atoms with van der Waals surface area (Å²) in [5.41, 5.74) is 3.06. The Kier molecular flexibility index (Phi) is 7.55. The second-order valence-corrected chi connectivity index (χ2v) is 9.36. The first-order chi connectivity index (χ1) is 18.0. The number of methoxy groups -OCH3 is 3. The van der Waals surface area contributed by atoms with Crippen LogP contribution < -0.4 is 23.7 Å². The summed E-state index contributed by atoms with van der Waals surface area (Å²) < 4.78 is 34.1. The lowest BCUT2D eigenvalue weighted by Crippen LogP contribution is -2.39. The van der Waals surface area contributed by atoms with E-state index < -0.39 is 0 Å². The molecule has 0 spiro atoms. The summed E-state index contributed by atoms with van der Waals surface area (Å²) in [6, 6.07) is 5.50. The third kappa shape index (κ3) is 4.99. The van der Waals surface area contributed by atoms with Gasteiger partial charge in [0.15, 0.2) is 17.3 Å². The molecule has 0 atom stereocenters. The van der Waals surface area contributed by atoms with Crippen LogP contribution in [-0.2, 0) is 11.3 Å². The molecular formula is C28H34N2O7. The van der Waals surface area contributed by atoms with Crippen molar-refractivity contribution in [2.24, 2.45) is 0 Å². The highest BCUT2D eigenvalue weighted by molar-refractivity contribution is 6.15. The number of nitrogens with zero attached hydrogens (tertiary/aromatic N) is 2. The molecule has 0 saturated carbocycles. The number of benzene rings is 2. The number of hydrogen-bond donors (Lipinski definition) is 0. The van der Waals surface area contributed by atoms with Gasteiger partial charge in [-0.05, 0) is 44.2 Å². The average Bonchev–Trinajstić information content (AvgIpc) is 3.24. The first-order valence-corrected chi connectivity index (χ1v) is 12.6. The zero-order chi connectivity index (χ0) is 25.9. The Morgan fingerprint density at radius 1 is 0.973 bits per heavy atom. The van der Waals surface area contributed by atoms with Gasteiger partial charge in [0.25, 0.3) is 0 Å². The minimum Gasteiger partial charge on any atom is -0.493 e. The summed E-state index contributed by atoms with van der Waals surface area (Å²) in [7, 11) is 4.66. The molecule has 9 nitrogen and oxygen atoms in total. The molecule has 1 fully saturated rings. The molecule has 37 heavy (non-hydrogen) atoms. The summed E-state index contributed by atoms with van der Waals surface area (Å²) in [5, 5.41) is 0. The molecule has 0 amide bonds. The topological polar surface area (TPSA) is 78.9 Å². The maximum Gasteiger partial charge on any atom is 0.231 e. The number of fused-ring (bicyclic) bond motifs is 2. The van der Waals surface area contributed by atoms with Gasteiger partial charge >= 0.3 is 0 Å². The van der Waals surface area contributed by atoms with E-state index in [1.165, 1.54) is 0 Å². The predicted octanol–water partition coefficient (Wildman–Crippen LogP) is 3.51. The zero-order valence-electron chi connectivity index (χ0n) is 21.9. The van der Waals surface area contributed by atoms with Gasteiger partial charge in [-0.3, -0.25) is 14.6 Å². The maximum absolute atomic E-state index is 13.4. The van der Waals surface area contributed by atoms with Crippen molar-refractivity contribution >= 4 is 11.9 Å². The molecule has 0 aromatic heterocycles. The number of rotatable bonds is 8. The van der Waals surface area contributed by atoms with Crippen LogP contribution in [0, 0.1) is 6.92 Å². The Bertz CT molecular complexity index is 1200. The van der Waals surface area contributed by atoms with Crippen molar-refractivity contribution in [1.82, 2.24) is 9.80 Å². The highest BCUT2D eigenvalue weighted by Crippen LogP contribution is 2.45. The van der Waals surface area contributed by atoms with Crippen LogP contribution in [0.25, 0.3) is 6.08 Å². The minimum atomic E-state index is -0.165. The van der Waals surface area contributed by atoms with E-state index in [1.807, 2.05) is 19.1 Å². The maximum atomic E-state index is 13.4. The van der Waals surface area contributed by atoms with E-state index >= 15 is 0 Å². The van der Waals surface area contributed by atoms with Crippen LogP contribution in [0.5, 0.6) is 28.7 Å². The third-order valence-corrected chi connectivity index (χ3v) is 7.08. The Labute approximate surface area is 217 Å². The molecule has 2 aromatic rings. The summed E-state index contributed by atoms with van der Waals surface area (Å²) >= 11 is 0. The predicted molar refractivity (Wildman–Crippen MR) is 138 cm³/mol. The lowest BCUT2D eigenvalue weighted by molar-refractivity contribution is 0.0329. The number of ether oxygens (including phenoxy) is 6. The van der Waals surface area contributed by atoms with E-state index in [4.69, 9.17) is 28.4 Å². The molecule has 0 bridgehead atoms. The Morgan fingerprint density at radius 2 is 1.73 bits per heavy atom. The number of carbonyl (C=O) groups excluding carboxylic acids is 1. The number of allylic oxidation sites excluding steroid dienone is 1. The fourth-order valence-electron chi connectivity index (χ4n) is 5.16. The van der Waals surface area contributed by atoms with Crippen molar-refractivity contribution in [2.45, 2.75) is 19.9 Å². The van der Waals surface area contributed by atoms with Gasteiger partial charge in [-0.15, -0.1) is 0 Å². The lowest BCUT2D eigenvalue weighted by atomic mass is 10.00. The van der Waals surface area contributed by atoms with Crippen LogP contribution in [0.4, 0.5) is 0 Å². The summed E-state index contributed by atoms with van der Waals surface area (Å²) in [6.07, 6.45) is 2.74. The highest BCUT2D eigenvalue weighted by atomic mass is 16.5. The molecule has 2 aromatic carbocycles. The van der Waals surface area contributed by atoms with Crippen molar-refractivity contribution < 1.29 is 33.2 Å². The minimum absolute atomic E-state index is 0.165. The number of carbonyl (C=O) groups is 1. The van der Waals surface area contributed by atoms with Crippen LogP contribution in [0.2, 0.25) is 0 Å². The molecule has 9 heteroatoms. The molecule has 3 aliphatic rings. The second kappa shape index (κ2) is 11.0. The van der Waals surface area contributed by atoms with Crippen molar-refractivity contribution in [3.63, 3.8) is 0 Å². The van der Waals surface area contributed by atoms with Crippen LogP contribution >= 0.6 is 0 Å². The molecule has 5 rings (SSSR count). The summed E-state index contributed by atoms with van der Waals surface area (Å²) in [4.78, 5) is 18.1. The second-order valence-electron chi connectivity index (χ2n) is 9.36. The third-order valence-electron chi connectivity index (χ3n) is 7.08. The number of Topliss-reactive ketones (excluding diaryl/α,β-unsaturated/α-hetero) is 1. The largest absolute Gasteiger partial charge is 0.493 e. The Hall–Kier alpha value is -3.27. The van der Waals surface area contributed by atoms with E-state index in [-0.39, 0.29) is 11.5 Å². The van der Waals surface area contributed by atoms with Gasteiger partial charge in [-0.2, -0.15) is 0 Å². The van der Waals surface area contributed by atoms with Crippen molar-refractivity contribution in [2.75, 3.05) is 67.5 Å². The van der Waals surface area contributed by atoms with Gasteiger partial charge in [0.1, 0.15) is 18.2 Å². The fraction of sp³-hybridized carbons (Fsp3) is 0.464. The van der Waals surface area contributed by atoms with Gasteiger partial charge in [-0.1, -0.05) is 0 Å². The highest BCUT2D eigenvalue weighted by Gasteiger charge is 2.34. The SMILES string of the molecule is COc1ccc(/C=C2\Oc3c(cc4c(c3C)OCN(CCCN3CCOCC3)C4)C2=O)c(OC)c1OC. The monoisotopic (exact) mass is 510 g/mol. The van der Waals surface area contributed by atoms with Gasteiger partial charge in [-0.25, -0.2) is 0 Å². The van der Waals surface area contributed by atoms with E-state index in [2.05, 4.69) is 9.80 Å². The van der Waals surface area contributed by atoms with Gasteiger partial charge in [0, 0.05) is 42.9 Å². The lowest BCUT2D eigenvalue weighted by Gasteiger charge is -2.31. The van der Waals surface area contributed by atoms with Crippen molar-refractivity contribution in [1.29, 1.82) is 0 Å². The van der Waals surface area contributed by atoms with Crippen LogP contribution in [0.1, 0.15) is 33.5 Å². The van der Waals surface area contributed by atoms with E-state index in [1.54, 1.807) is 33.5 Å². The molecule has 0 unspecified atom stereocenters. The first-order valence-electron chi connectivity index (χ1n) is 12.6. The van der Waals surface area contributed by atoms with Crippen LogP contribution in [0.15, 0.2) is 24.0 Å². The van der Waals surface area contributed by atoms with E-state index in [9.17, 15) is 4.79 Å². The zero-order valence-corrected chi connectivity index (χ0v) is 21.9. The summed E-state index contributed by atoms with van der Waals surface area (Å²) in [5.74, 6) is 2.88. The molecule has 1 saturated heterocycles. The fourth-order valence-corrected chi connectivity index (χ4v) is 5.16. The quantitative estimate of drug-likeness (QED) is 0.496. The molecule has 3 heterocycles. The summed E-state index contributed by atoms with van der Waals surface area (Å²) in [6.45, 7) is 8.82. The Balaban J connectivity index is 1.34. The van der Waals surface area contributed by atoms with Crippen LogP contribution in [0.3, 0.4) is 0 Å². The van der Waals surface area contributed by atoms with Gasteiger partial charge in [0.05, 0.1) is 40.1 Å². The normalized spacial score (nSPS) is 18.7. The Morgan fingerprint density at radius 3 is 2.46 bits per heavy atom. The number of ketones is 1. The first kappa shape index (κ1) is 25.4. The average molecular weight is 511 g/mol.